The lowest BCUT2D eigenvalue weighted by Gasteiger charge is -2.40. The molecule has 308 valence electrons. The van der Waals surface area contributed by atoms with E-state index in [-0.39, 0.29) is 10.8 Å². The lowest BCUT2D eigenvalue weighted by molar-refractivity contribution is 0.447. The highest BCUT2D eigenvalue weighted by Crippen LogP contribution is 2.65. The second kappa shape index (κ2) is 12.7. The summed E-state index contributed by atoms with van der Waals surface area (Å²) in [4.78, 5) is 2.53. The summed E-state index contributed by atoms with van der Waals surface area (Å²) in [6.07, 6.45) is 0. The summed E-state index contributed by atoms with van der Waals surface area (Å²) in [5.74, 6) is 1.86. The molecule has 1 spiro atoms. The summed E-state index contributed by atoms with van der Waals surface area (Å²) in [6.45, 7) is 9.52. The Kier molecular flexibility index (Phi) is 7.21. The largest absolute Gasteiger partial charge is 0.455 e. The third-order valence-electron chi connectivity index (χ3n) is 15.7. The standard InChI is InChI=1S/C63H45NO/c1-61(2)51-22-12-9-19-45(51)48-30-27-40(35-56(48)61)64(41-28-31-49-46-20-10-13-23-52(46)62(3,4)57(49)36-41)42-29-32-50-47-21-11-14-24-53(47)63(58(50)37-42)54-33-25-38-15-5-7-17-43(38)59(54)65-60-44-18-8-6-16-39(44)26-34-55(60)63/h5-37H,1-4H3. The minimum absolute atomic E-state index is 0.153. The van der Waals surface area contributed by atoms with E-state index in [1.807, 2.05) is 0 Å². The zero-order valence-corrected chi connectivity index (χ0v) is 36.9. The Labute approximate surface area is 380 Å². The molecule has 0 fully saturated rings. The van der Waals surface area contributed by atoms with Crippen LogP contribution < -0.4 is 9.64 Å². The molecule has 10 aromatic rings. The summed E-state index contributed by atoms with van der Waals surface area (Å²) in [7, 11) is 0. The number of hydrogen-bond donors (Lipinski definition) is 0. The number of ether oxygens (including phenoxy) is 1. The van der Waals surface area contributed by atoms with Gasteiger partial charge in [0.1, 0.15) is 11.5 Å². The smallest absolute Gasteiger partial charge is 0.140 e. The Balaban J connectivity index is 1.06. The van der Waals surface area contributed by atoms with Crippen molar-refractivity contribution in [2.75, 3.05) is 4.90 Å². The lowest BCUT2D eigenvalue weighted by atomic mass is 9.65. The van der Waals surface area contributed by atoms with E-state index in [9.17, 15) is 0 Å². The molecule has 3 aliphatic carbocycles. The number of fused-ring (bicyclic) bond motifs is 19. The number of benzene rings is 10. The Hall–Kier alpha value is -7.68. The fraction of sp³-hybridized carbons (Fsp3) is 0.111. The fourth-order valence-corrected chi connectivity index (χ4v) is 12.6. The molecule has 0 amide bonds. The summed E-state index contributed by atoms with van der Waals surface area (Å²) in [5, 5.41) is 4.57. The highest BCUT2D eigenvalue weighted by molar-refractivity contribution is 6.01. The maximum Gasteiger partial charge on any atom is 0.140 e. The van der Waals surface area contributed by atoms with Gasteiger partial charge in [0, 0.05) is 49.8 Å². The molecule has 1 aliphatic heterocycles. The number of rotatable bonds is 3. The summed E-state index contributed by atoms with van der Waals surface area (Å²) in [6, 6.07) is 75.2. The van der Waals surface area contributed by atoms with Gasteiger partial charge in [-0.2, -0.15) is 0 Å². The van der Waals surface area contributed by atoms with Gasteiger partial charge in [-0.3, -0.25) is 0 Å². The maximum atomic E-state index is 7.30. The van der Waals surface area contributed by atoms with Gasteiger partial charge < -0.3 is 9.64 Å². The van der Waals surface area contributed by atoms with Gasteiger partial charge in [0.2, 0.25) is 0 Å². The van der Waals surface area contributed by atoms with E-state index in [1.165, 1.54) is 88.7 Å². The first-order valence-corrected chi connectivity index (χ1v) is 23.0. The van der Waals surface area contributed by atoms with E-state index in [2.05, 4.69) is 233 Å². The van der Waals surface area contributed by atoms with Gasteiger partial charge in [-0.15, -0.1) is 0 Å². The van der Waals surface area contributed by atoms with Crippen molar-refractivity contribution in [1.29, 1.82) is 0 Å². The van der Waals surface area contributed by atoms with Crippen LogP contribution in [-0.2, 0) is 16.2 Å². The van der Waals surface area contributed by atoms with E-state index in [0.717, 1.165) is 39.3 Å². The van der Waals surface area contributed by atoms with Crippen LogP contribution in [0, 0.1) is 0 Å². The first-order chi connectivity index (χ1) is 31.7. The predicted octanol–water partition coefficient (Wildman–Crippen LogP) is 16.5. The van der Waals surface area contributed by atoms with Gasteiger partial charge in [0.15, 0.2) is 0 Å². The summed E-state index contributed by atoms with van der Waals surface area (Å²) < 4.78 is 7.30. The van der Waals surface area contributed by atoms with Crippen LogP contribution in [0.1, 0.15) is 72.2 Å². The van der Waals surface area contributed by atoms with Crippen molar-refractivity contribution in [3.8, 4) is 44.9 Å². The van der Waals surface area contributed by atoms with Crippen LogP contribution in [0.15, 0.2) is 200 Å². The molecule has 0 atom stereocenters. The molecule has 0 aromatic heterocycles. The van der Waals surface area contributed by atoms with Crippen molar-refractivity contribution in [1.82, 2.24) is 0 Å². The highest BCUT2D eigenvalue weighted by Gasteiger charge is 2.52. The van der Waals surface area contributed by atoms with Crippen molar-refractivity contribution in [2.24, 2.45) is 0 Å². The molecule has 2 heteroatoms. The van der Waals surface area contributed by atoms with Crippen LogP contribution in [0.3, 0.4) is 0 Å². The molecular formula is C63H45NO. The Morgan fingerprint density at radius 2 is 0.677 bits per heavy atom. The fourth-order valence-electron chi connectivity index (χ4n) is 12.6. The molecule has 0 N–H and O–H groups in total. The monoisotopic (exact) mass is 831 g/mol. The molecule has 10 aromatic carbocycles. The minimum Gasteiger partial charge on any atom is -0.455 e. The van der Waals surface area contributed by atoms with Gasteiger partial charge in [0.05, 0.1) is 5.41 Å². The molecule has 2 nitrogen and oxygen atoms in total. The second-order valence-corrected chi connectivity index (χ2v) is 19.6. The normalized spacial score (nSPS) is 15.6. The number of anilines is 3. The molecule has 0 bridgehead atoms. The van der Waals surface area contributed by atoms with Crippen molar-refractivity contribution in [3.05, 3.63) is 245 Å². The van der Waals surface area contributed by atoms with Gasteiger partial charge in [-0.1, -0.05) is 191 Å². The van der Waals surface area contributed by atoms with Crippen molar-refractivity contribution >= 4 is 38.6 Å². The number of hydrogen-bond acceptors (Lipinski definition) is 2. The zero-order chi connectivity index (χ0) is 43.4. The summed E-state index contributed by atoms with van der Waals surface area (Å²) in [5.41, 5.74) is 20.6. The van der Waals surface area contributed by atoms with Gasteiger partial charge in [0.25, 0.3) is 0 Å². The molecule has 0 radical (unpaired) electrons. The average molecular weight is 832 g/mol. The van der Waals surface area contributed by atoms with E-state index < -0.39 is 5.41 Å². The lowest BCUT2D eigenvalue weighted by Crippen LogP contribution is -2.32. The van der Waals surface area contributed by atoms with Crippen LogP contribution in [-0.4, -0.2) is 0 Å². The SMILES string of the molecule is CC1(C)c2ccccc2-c2ccc(N(c3ccc4c(c3)C(C)(C)c3ccccc3-4)c3ccc4c(c3)C3(c5ccccc5-4)c4ccc5ccccc5c4Oc4c3ccc3ccccc43)cc21. The molecule has 4 aliphatic rings. The average Bonchev–Trinajstić information content (AvgIpc) is 3.86. The Morgan fingerprint density at radius 3 is 1.17 bits per heavy atom. The topological polar surface area (TPSA) is 12.5 Å². The van der Waals surface area contributed by atoms with E-state index in [1.54, 1.807) is 0 Å². The molecular weight excluding hydrogens is 787 g/mol. The Morgan fingerprint density at radius 1 is 0.308 bits per heavy atom. The van der Waals surface area contributed by atoms with Crippen LogP contribution in [0.5, 0.6) is 11.5 Å². The molecule has 1 heterocycles. The van der Waals surface area contributed by atoms with E-state index in [0.29, 0.717) is 0 Å². The zero-order valence-electron chi connectivity index (χ0n) is 36.9. The maximum absolute atomic E-state index is 7.30. The van der Waals surface area contributed by atoms with Crippen molar-refractivity contribution in [2.45, 2.75) is 43.9 Å². The van der Waals surface area contributed by atoms with Crippen LogP contribution in [0.2, 0.25) is 0 Å². The molecule has 0 saturated carbocycles. The van der Waals surface area contributed by atoms with E-state index in [4.69, 9.17) is 4.74 Å². The van der Waals surface area contributed by atoms with Crippen LogP contribution in [0.4, 0.5) is 17.1 Å². The van der Waals surface area contributed by atoms with Crippen molar-refractivity contribution < 1.29 is 4.74 Å². The van der Waals surface area contributed by atoms with Crippen molar-refractivity contribution in [3.63, 3.8) is 0 Å². The molecule has 0 saturated heterocycles. The molecule has 65 heavy (non-hydrogen) atoms. The first kappa shape index (κ1) is 36.8. The van der Waals surface area contributed by atoms with E-state index >= 15 is 0 Å². The van der Waals surface area contributed by atoms with Gasteiger partial charge in [-0.25, -0.2) is 0 Å². The third kappa shape index (κ3) is 4.69. The van der Waals surface area contributed by atoms with Gasteiger partial charge >= 0.3 is 0 Å². The number of nitrogens with zero attached hydrogens (tertiary/aromatic N) is 1. The van der Waals surface area contributed by atoms with Gasteiger partial charge in [-0.05, 0) is 114 Å². The predicted molar refractivity (Wildman–Crippen MR) is 269 cm³/mol. The van der Waals surface area contributed by atoms with Crippen LogP contribution >= 0.6 is 0 Å². The highest BCUT2D eigenvalue weighted by atomic mass is 16.5. The second-order valence-electron chi connectivity index (χ2n) is 19.6. The van der Waals surface area contributed by atoms with Crippen LogP contribution in [0.25, 0.3) is 54.9 Å². The first-order valence-electron chi connectivity index (χ1n) is 23.0. The Bertz CT molecular complexity index is 3530. The quantitative estimate of drug-likeness (QED) is 0.176. The third-order valence-corrected chi connectivity index (χ3v) is 15.7. The molecule has 14 rings (SSSR count). The molecule has 0 unspecified atom stereocenters. The minimum atomic E-state index is -0.659. The summed E-state index contributed by atoms with van der Waals surface area (Å²) >= 11 is 0.